The Kier molecular flexibility index (Phi) is 7.17. The Morgan fingerprint density at radius 2 is 1.85 bits per heavy atom. The summed E-state index contributed by atoms with van der Waals surface area (Å²) in [5.74, 6) is -1.50. The van der Waals surface area contributed by atoms with Crippen molar-refractivity contribution in [1.29, 1.82) is 5.26 Å². The first-order valence-electron chi connectivity index (χ1n) is 11.1. The van der Waals surface area contributed by atoms with Crippen molar-refractivity contribution in [3.05, 3.63) is 47.9 Å². The number of hydrogen-bond acceptors (Lipinski definition) is 8. The summed E-state index contributed by atoms with van der Waals surface area (Å²) in [5, 5.41) is 21.7. The summed E-state index contributed by atoms with van der Waals surface area (Å²) in [6.07, 6.45) is 1.66. The number of carbonyl (C=O) groups is 1. The van der Waals surface area contributed by atoms with E-state index in [1.165, 1.54) is 26.7 Å². The lowest BCUT2D eigenvalue weighted by molar-refractivity contribution is -0.144. The average Bonchev–Trinajstić information content (AvgIpc) is 3.46. The van der Waals surface area contributed by atoms with Crippen molar-refractivity contribution in [2.45, 2.75) is 50.6 Å². The Balaban J connectivity index is 2.11. The molecule has 1 aromatic carbocycles. The second kappa shape index (κ2) is 9.45. The summed E-state index contributed by atoms with van der Waals surface area (Å²) in [6.45, 7) is 10.2. The Labute approximate surface area is 201 Å². The van der Waals surface area contributed by atoms with Gasteiger partial charge in [0.25, 0.3) is 0 Å². The smallest absolute Gasteiger partial charge is 0.312 e. The number of nitrogens with zero attached hydrogens (tertiary/aromatic N) is 1. The number of rotatable bonds is 8. The molecule has 2 heterocycles. The van der Waals surface area contributed by atoms with Crippen LogP contribution in [-0.2, 0) is 19.6 Å². The van der Waals surface area contributed by atoms with Crippen LogP contribution in [0.15, 0.2) is 41.2 Å². The number of methoxy groups -OCH3 is 2. The van der Waals surface area contributed by atoms with Gasteiger partial charge in [0.1, 0.15) is 6.07 Å². The van der Waals surface area contributed by atoms with Gasteiger partial charge in [-0.1, -0.05) is 26.8 Å². The normalized spacial score (nSPS) is 21.3. The second-order valence-electron chi connectivity index (χ2n) is 10.0. The number of aliphatic hydroxyl groups excluding tert-OH is 1. The molecule has 34 heavy (non-hydrogen) atoms. The van der Waals surface area contributed by atoms with Gasteiger partial charge in [0, 0.05) is 5.56 Å². The quantitative estimate of drug-likeness (QED) is 0.426. The standard InChI is InChI=1S/C25H33NO7Si/c1-24(2,3)34(6,7)33-25(15-26,17-10-11-31-13-17)18-14-32-23(28)21(18)22(27)16-8-9-19(29-4)20(12-16)30-5/h8-13,18,21-22,27H,14H2,1-7H3. The van der Waals surface area contributed by atoms with Crippen LogP contribution in [0.5, 0.6) is 11.5 Å². The maximum absolute atomic E-state index is 13.0. The zero-order valence-corrected chi connectivity index (χ0v) is 21.7. The SMILES string of the molecule is COc1ccc(C(O)C2C(=O)OCC2C(C#N)(O[Si](C)(C)C(C)(C)C)c2ccoc2)cc1OC. The number of nitriles is 1. The van der Waals surface area contributed by atoms with E-state index >= 15 is 0 Å². The van der Waals surface area contributed by atoms with Crippen molar-refractivity contribution >= 4 is 14.3 Å². The van der Waals surface area contributed by atoms with E-state index in [9.17, 15) is 15.2 Å². The molecule has 0 bridgehead atoms. The molecule has 0 saturated carbocycles. The molecule has 0 spiro atoms. The average molecular weight is 488 g/mol. The van der Waals surface area contributed by atoms with Crippen LogP contribution >= 0.6 is 0 Å². The molecule has 9 heteroatoms. The zero-order valence-electron chi connectivity index (χ0n) is 20.7. The first-order chi connectivity index (χ1) is 15.9. The highest BCUT2D eigenvalue weighted by Gasteiger charge is 2.58. The third-order valence-corrected chi connectivity index (χ3v) is 11.5. The van der Waals surface area contributed by atoms with Gasteiger partial charge in [0.05, 0.1) is 51.3 Å². The minimum Gasteiger partial charge on any atom is -0.493 e. The first kappa shape index (κ1) is 25.8. The minimum atomic E-state index is -2.53. The van der Waals surface area contributed by atoms with E-state index in [-0.39, 0.29) is 11.6 Å². The summed E-state index contributed by atoms with van der Waals surface area (Å²) in [6, 6.07) is 8.95. The third-order valence-electron chi connectivity index (χ3n) is 7.06. The van der Waals surface area contributed by atoms with E-state index in [2.05, 4.69) is 26.8 Å². The second-order valence-corrected chi connectivity index (χ2v) is 14.8. The van der Waals surface area contributed by atoms with Crippen LogP contribution in [-0.4, -0.2) is 40.2 Å². The number of cyclic esters (lactones) is 1. The van der Waals surface area contributed by atoms with Gasteiger partial charge in [-0.3, -0.25) is 4.79 Å². The number of aliphatic hydroxyl groups is 1. The molecule has 0 radical (unpaired) electrons. The van der Waals surface area contributed by atoms with Gasteiger partial charge < -0.3 is 28.2 Å². The summed E-state index contributed by atoms with van der Waals surface area (Å²) in [4.78, 5) is 13.0. The molecular formula is C25H33NO7Si. The van der Waals surface area contributed by atoms with Crippen LogP contribution in [0.3, 0.4) is 0 Å². The molecule has 8 nitrogen and oxygen atoms in total. The zero-order chi connectivity index (χ0) is 25.3. The molecule has 1 saturated heterocycles. The van der Waals surface area contributed by atoms with Gasteiger partial charge in [-0.2, -0.15) is 5.26 Å². The number of ether oxygens (including phenoxy) is 3. The van der Waals surface area contributed by atoms with Crippen molar-refractivity contribution in [3.63, 3.8) is 0 Å². The van der Waals surface area contributed by atoms with Gasteiger partial charge in [0.2, 0.25) is 0 Å². The first-order valence-corrected chi connectivity index (χ1v) is 14.0. The van der Waals surface area contributed by atoms with Crippen LogP contribution in [0.2, 0.25) is 18.1 Å². The molecule has 4 atom stereocenters. The van der Waals surface area contributed by atoms with Gasteiger partial charge in [-0.25, -0.2) is 0 Å². The van der Waals surface area contributed by atoms with Crippen molar-refractivity contribution in [3.8, 4) is 17.6 Å². The number of hydrogen-bond donors (Lipinski definition) is 1. The lowest BCUT2D eigenvalue weighted by atomic mass is 9.74. The Morgan fingerprint density at radius 3 is 2.38 bits per heavy atom. The molecule has 1 aliphatic rings. The van der Waals surface area contributed by atoms with E-state index in [1.54, 1.807) is 24.3 Å². The fourth-order valence-corrected chi connectivity index (χ4v) is 5.48. The molecule has 1 fully saturated rings. The molecular weight excluding hydrogens is 454 g/mol. The molecule has 2 aromatic rings. The van der Waals surface area contributed by atoms with Crippen molar-refractivity contribution in [1.82, 2.24) is 0 Å². The number of furan rings is 1. The molecule has 184 valence electrons. The van der Waals surface area contributed by atoms with Gasteiger partial charge in [0.15, 0.2) is 25.4 Å². The van der Waals surface area contributed by atoms with Crippen molar-refractivity contribution < 1.29 is 33.0 Å². The Hall–Kier alpha value is -2.80. The number of benzene rings is 1. The maximum Gasteiger partial charge on any atom is 0.312 e. The minimum absolute atomic E-state index is 0.0682. The molecule has 3 rings (SSSR count). The largest absolute Gasteiger partial charge is 0.493 e. The predicted octanol–water partition coefficient (Wildman–Crippen LogP) is 4.56. The van der Waals surface area contributed by atoms with E-state index in [1.807, 2.05) is 13.1 Å². The predicted molar refractivity (Wildman–Crippen MR) is 127 cm³/mol. The molecule has 1 aromatic heterocycles. The van der Waals surface area contributed by atoms with Crippen LogP contribution in [0.4, 0.5) is 0 Å². The highest BCUT2D eigenvalue weighted by atomic mass is 28.4. The van der Waals surface area contributed by atoms with Gasteiger partial charge in [-0.05, 0) is 41.9 Å². The summed E-state index contributed by atoms with van der Waals surface area (Å²) in [5.41, 5.74) is -0.616. The lowest BCUT2D eigenvalue weighted by Gasteiger charge is -2.45. The maximum atomic E-state index is 13.0. The molecule has 1 N–H and O–H groups in total. The molecule has 0 amide bonds. The summed E-state index contributed by atoms with van der Waals surface area (Å²) < 4.78 is 28.1. The van der Waals surface area contributed by atoms with Crippen molar-refractivity contribution in [2.24, 2.45) is 11.8 Å². The van der Waals surface area contributed by atoms with E-state index in [0.29, 0.717) is 22.6 Å². The molecule has 0 aliphatic carbocycles. The van der Waals surface area contributed by atoms with E-state index in [4.69, 9.17) is 23.1 Å². The third kappa shape index (κ3) is 4.45. The van der Waals surface area contributed by atoms with Crippen molar-refractivity contribution in [2.75, 3.05) is 20.8 Å². The topological polar surface area (TPSA) is 111 Å². The fourth-order valence-electron chi connectivity index (χ4n) is 4.05. The van der Waals surface area contributed by atoms with Gasteiger partial charge in [-0.15, -0.1) is 0 Å². The van der Waals surface area contributed by atoms with Crippen LogP contribution in [0.1, 0.15) is 38.0 Å². The molecule has 4 unspecified atom stereocenters. The van der Waals surface area contributed by atoms with Crippen LogP contribution in [0.25, 0.3) is 0 Å². The highest BCUT2D eigenvalue weighted by molar-refractivity contribution is 6.74. The lowest BCUT2D eigenvalue weighted by Crippen LogP contribution is -2.53. The van der Waals surface area contributed by atoms with Crippen LogP contribution in [0, 0.1) is 23.2 Å². The summed E-state index contributed by atoms with van der Waals surface area (Å²) in [7, 11) is 0.483. The number of esters is 1. The van der Waals surface area contributed by atoms with E-state index < -0.39 is 37.8 Å². The summed E-state index contributed by atoms with van der Waals surface area (Å²) >= 11 is 0. The van der Waals surface area contributed by atoms with E-state index in [0.717, 1.165) is 0 Å². The number of carbonyl (C=O) groups excluding carboxylic acids is 1. The highest BCUT2D eigenvalue weighted by Crippen LogP contribution is 2.50. The van der Waals surface area contributed by atoms with Crippen LogP contribution < -0.4 is 9.47 Å². The fraction of sp³-hybridized carbons (Fsp3) is 0.520. The molecule has 1 aliphatic heterocycles. The monoisotopic (exact) mass is 487 g/mol. The Morgan fingerprint density at radius 1 is 1.18 bits per heavy atom. The Bertz CT molecular complexity index is 1050. The van der Waals surface area contributed by atoms with Gasteiger partial charge >= 0.3 is 5.97 Å².